The van der Waals surface area contributed by atoms with Gasteiger partial charge < -0.3 is 15.1 Å². The van der Waals surface area contributed by atoms with Gasteiger partial charge in [0.1, 0.15) is 5.82 Å². The molecule has 2 amide bonds. The molecule has 1 aliphatic heterocycles. The molecule has 5 heteroatoms. The maximum Gasteiger partial charge on any atom is 0.322 e. The Bertz CT molecular complexity index is 699. The predicted molar refractivity (Wildman–Crippen MR) is 97.9 cm³/mol. The van der Waals surface area contributed by atoms with Crippen molar-refractivity contribution in [2.24, 2.45) is 0 Å². The van der Waals surface area contributed by atoms with Gasteiger partial charge in [-0.15, -0.1) is 0 Å². The van der Waals surface area contributed by atoms with Crippen LogP contribution in [-0.2, 0) is 6.54 Å². The minimum atomic E-state index is -0.355. The molecule has 0 atom stereocenters. The lowest BCUT2D eigenvalue weighted by Crippen LogP contribution is -2.47. The molecule has 1 fully saturated rings. The normalized spacial score (nSPS) is 15.8. The Morgan fingerprint density at radius 3 is 2.56 bits per heavy atom. The lowest BCUT2D eigenvalue weighted by Gasteiger charge is -2.37. The van der Waals surface area contributed by atoms with Crippen molar-refractivity contribution in [3.05, 3.63) is 66.0 Å². The van der Waals surface area contributed by atoms with E-state index in [0.29, 0.717) is 12.2 Å². The maximum atomic E-state index is 13.4. The van der Waals surface area contributed by atoms with Gasteiger partial charge in [-0.1, -0.05) is 36.4 Å². The molecule has 0 radical (unpaired) electrons. The molecule has 0 aliphatic carbocycles. The fourth-order valence-electron chi connectivity index (χ4n) is 3.21. The Morgan fingerprint density at radius 1 is 1.16 bits per heavy atom. The number of halogens is 1. The molecule has 0 aromatic heterocycles. The van der Waals surface area contributed by atoms with Gasteiger partial charge in [-0.05, 0) is 56.7 Å². The SMILES string of the molecule is CN1CCC(N(Cc2ccccc2)C(=O)Nc2cccc(F)c2)CC1. The molecule has 2 aromatic rings. The van der Waals surface area contributed by atoms with Crippen LogP contribution in [0.3, 0.4) is 0 Å². The number of piperidine rings is 1. The molecule has 0 spiro atoms. The molecule has 132 valence electrons. The van der Waals surface area contributed by atoms with Gasteiger partial charge in [0.25, 0.3) is 0 Å². The van der Waals surface area contributed by atoms with Crippen molar-refractivity contribution < 1.29 is 9.18 Å². The number of benzene rings is 2. The first-order valence-corrected chi connectivity index (χ1v) is 8.67. The molecule has 1 N–H and O–H groups in total. The van der Waals surface area contributed by atoms with Crippen molar-refractivity contribution in [3.63, 3.8) is 0 Å². The minimum Gasteiger partial charge on any atom is -0.317 e. The second-order valence-corrected chi connectivity index (χ2v) is 6.59. The van der Waals surface area contributed by atoms with Gasteiger partial charge in [0.05, 0.1) is 0 Å². The van der Waals surface area contributed by atoms with Crippen molar-refractivity contribution in [2.45, 2.75) is 25.4 Å². The summed E-state index contributed by atoms with van der Waals surface area (Å²) in [4.78, 5) is 17.0. The summed E-state index contributed by atoms with van der Waals surface area (Å²) in [7, 11) is 2.10. The number of anilines is 1. The summed E-state index contributed by atoms with van der Waals surface area (Å²) in [5.41, 5.74) is 1.58. The van der Waals surface area contributed by atoms with Gasteiger partial charge in [-0.3, -0.25) is 0 Å². The maximum absolute atomic E-state index is 13.4. The molecule has 2 aromatic carbocycles. The molecule has 25 heavy (non-hydrogen) atoms. The van der Waals surface area contributed by atoms with Crippen LogP contribution in [0.15, 0.2) is 54.6 Å². The quantitative estimate of drug-likeness (QED) is 0.914. The molecule has 1 saturated heterocycles. The summed E-state index contributed by atoms with van der Waals surface area (Å²) in [6.45, 7) is 2.50. The summed E-state index contributed by atoms with van der Waals surface area (Å²) in [6, 6.07) is 16.0. The van der Waals surface area contributed by atoms with Crippen LogP contribution in [0.1, 0.15) is 18.4 Å². The van der Waals surface area contributed by atoms with Crippen LogP contribution in [0.2, 0.25) is 0 Å². The van der Waals surface area contributed by atoms with E-state index in [-0.39, 0.29) is 17.9 Å². The third kappa shape index (κ3) is 4.79. The van der Waals surface area contributed by atoms with E-state index < -0.39 is 0 Å². The van der Waals surface area contributed by atoms with Crippen molar-refractivity contribution >= 4 is 11.7 Å². The van der Waals surface area contributed by atoms with E-state index in [1.807, 2.05) is 35.2 Å². The van der Waals surface area contributed by atoms with E-state index >= 15 is 0 Å². The Balaban J connectivity index is 1.76. The molecule has 0 unspecified atom stereocenters. The fourth-order valence-corrected chi connectivity index (χ4v) is 3.21. The first-order chi connectivity index (χ1) is 12.1. The lowest BCUT2D eigenvalue weighted by molar-refractivity contribution is 0.135. The van der Waals surface area contributed by atoms with E-state index in [1.165, 1.54) is 12.1 Å². The highest BCUT2D eigenvalue weighted by Gasteiger charge is 2.27. The number of urea groups is 1. The molecule has 0 bridgehead atoms. The third-order valence-electron chi connectivity index (χ3n) is 4.66. The van der Waals surface area contributed by atoms with Crippen molar-refractivity contribution in [1.82, 2.24) is 9.80 Å². The zero-order valence-corrected chi connectivity index (χ0v) is 14.5. The van der Waals surface area contributed by atoms with Crippen LogP contribution >= 0.6 is 0 Å². The first kappa shape index (κ1) is 17.4. The lowest BCUT2D eigenvalue weighted by atomic mass is 10.0. The molecule has 1 aliphatic rings. The van der Waals surface area contributed by atoms with E-state index in [0.717, 1.165) is 31.5 Å². The molecule has 3 rings (SSSR count). The standard InChI is InChI=1S/C20H24FN3O/c1-23-12-10-19(11-13-23)24(15-16-6-3-2-4-7-16)20(25)22-18-9-5-8-17(21)14-18/h2-9,14,19H,10-13,15H2,1H3,(H,22,25). The average Bonchev–Trinajstić information content (AvgIpc) is 2.61. The number of nitrogens with one attached hydrogen (secondary N) is 1. The number of amides is 2. The zero-order chi connectivity index (χ0) is 17.6. The summed E-state index contributed by atoms with van der Waals surface area (Å²) in [6.07, 6.45) is 1.89. The summed E-state index contributed by atoms with van der Waals surface area (Å²) >= 11 is 0. The number of hydrogen-bond acceptors (Lipinski definition) is 2. The highest BCUT2D eigenvalue weighted by Crippen LogP contribution is 2.20. The number of carbonyl (C=O) groups excluding carboxylic acids is 1. The number of rotatable bonds is 4. The fraction of sp³-hybridized carbons (Fsp3) is 0.350. The minimum absolute atomic E-state index is 0.177. The highest BCUT2D eigenvalue weighted by atomic mass is 19.1. The van der Waals surface area contributed by atoms with Gasteiger partial charge in [-0.25, -0.2) is 9.18 Å². The molecule has 1 heterocycles. The van der Waals surface area contributed by atoms with E-state index in [2.05, 4.69) is 17.3 Å². The number of carbonyl (C=O) groups is 1. The van der Waals surface area contributed by atoms with Crippen LogP contribution in [0.5, 0.6) is 0 Å². The van der Waals surface area contributed by atoms with Gasteiger partial charge in [0, 0.05) is 18.3 Å². The number of nitrogens with zero attached hydrogens (tertiary/aromatic N) is 2. The predicted octanol–water partition coefficient (Wildman–Crippen LogP) is 3.95. The molecular weight excluding hydrogens is 317 g/mol. The van der Waals surface area contributed by atoms with Crippen LogP contribution in [-0.4, -0.2) is 42.0 Å². The highest BCUT2D eigenvalue weighted by molar-refractivity contribution is 5.89. The molecule has 4 nitrogen and oxygen atoms in total. The Kier molecular flexibility index (Phi) is 5.66. The summed E-state index contributed by atoms with van der Waals surface area (Å²) in [5.74, 6) is -0.355. The Hall–Kier alpha value is -2.40. The van der Waals surface area contributed by atoms with E-state index in [1.54, 1.807) is 12.1 Å². The third-order valence-corrected chi connectivity index (χ3v) is 4.66. The molecular formula is C20H24FN3O. The summed E-state index contributed by atoms with van der Waals surface area (Å²) < 4.78 is 13.4. The van der Waals surface area contributed by atoms with Crippen molar-refractivity contribution in [1.29, 1.82) is 0 Å². The van der Waals surface area contributed by atoms with Crippen LogP contribution in [0.25, 0.3) is 0 Å². The van der Waals surface area contributed by atoms with Gasteiger partial charge in [0.2, 0.25) is 0 Å². The van der Waals surface area contributed by atoms with Gasteiger partial charge in [-0.2, -0.15) is 0 Å². The van der Waals surface area contributed by atoms with Crippen LogP contribution in [0, 0.1) is 5.82 Å². The van der Waals surface area contributed by atoms with E-state index in [9.17, 15) is 9.18 Å². The molecule has 0 saturated carbocycles. The summed E-state index contributed by atoms with van der Waals surface area (Å²) in [5, 5.41) is 2.84. The van der Waals surface area contributed by atoms with Crippen LogP contribution < -0.4 is 5.32 Å². The number of likely N-dealkylation sites (tertiary alicyclic amines) is 1. The van der Waals surface area contributed by atoms with Crippen LogP contribution in [0.4, 0.5) is 14.9 Å². The second-order valence-electron chi connectivity index (χ2n) is 6.59. The number of hydrogen-bond donors (Lipinski definition) is 1. The average molecular weight is 341 g/mol. The van der Waals surface area contributed by atoms with Gasteiger partial charge in [0.15, 0.2) is 0 Å². The zero-order valence-electron chi connectivity index (χ0n) is 14.5. The Morgan fingerprint density at radius 2 is 1.88 bits per heavy atom. The first-order valence-electron chi connectivity index (χ1n) is 8.67. The monoisotopic (exact) mass is 341 g/mol. The van der Waals surface area contributed by atoms with Gasteiger partial charge >= 0.3 is 6.03 Å². The second kappa shape index (κ2) is 8.12. The smallest absolute Gasteiger partial charge is 0.317 e. The van der Waals surface area contributed by atoms with E-state index in [4.69, 9.17) is 0 Å². The largest absolute Gasteiger partial charge is 0.322 e. The van der Waals surface area contributed by atoms with Crippen molar-refractivity contribution in [2.75, 3.05) is 25.5 Å². The Labute approximate surface area is 148 Å². The topological polar surface area (TPSA) is 35.6 Å². The van der Waals surface area contributed by atoms with Crippen molar-refractivity contribution in [3.8, 4) is 0 Å².